The molecule has 0 aliphatic heterocycles. The maximum Gasteiger partial charge on any atom is 0.344 e. The number of carbonyl (C=O) groups excluding carboxylic acids is 3. The van der Waals surface area contributed by atoms with Crippen molar-refractivity contribution in [1.29, 1.82) is 0 Å². The first-order valence-electron chi connectivity index (χ1n) is 8.06. The third kappa shape index (κ3) is 5.84. The van der Waals surface area contributed by atoms with Crippen LogP contribution in [0.3, 0.4) is 0 Å². The molecule has 0 bridgehead atoms. The molecule has 0 aliphatic carbocycles. The monoisotopic (exact) mass is 376 g/mol. The minimum Gasteiger partial charge on any atom is -0.482 e. The van der Waals surface area contributed by atoms with Gasteiger partial charge in [0.1, 0.15) is 11.3 Å². The fourth-order valence-electron chi connectivity index (χ4n) is 2.11. The van der Waals surface area contributed by atoms with Gasteiger partial charge in [0.05, 0.1) is 6.54 Å². The van der Waals surface area contributed by atoms with Crippen molar-refractivity contribution >= 4 is 28.8 Å². The van der Waals surface area contributed by atoms with E-state index in [1.54, 1.807) is 33.2 Å². The molecule has 144 valence electrons. The molecule has 2 amide bonds. The zero-order valence-electron chi connectivity index (χ0n) is 15.2. The van der Waals surface area contributed by atoms with Crippen molar-refractivity contribution in [3.63, 3.8) is 0 Å². The first kappa shape index (κ1) is 20.0. The van der Waals surface area contributed by atoms with E-state index >= 15 is 0 Å². The summed E-state index contributed by atoms with van der Waals surface area (Å²) in [6, 6.07) is 6.22. The van der Waals surface area contributed by atoms with Gasteiger partial charge in [-0.05, 0) is 24.6 Å². The highest BCUT2D eigenvalue weighted by molar-refractivity contribution is 5.86. The van der Waals surface area contributed by atoms with Gasteiger partial charge in [0, 0.05) is 31.6 Å². The number of aryl methyl sites for hydroxylation is 1. The first-order valence-corrected chi connectivity index (χ1v) is 8.06. The normalized spacial score (nSPS) is 10.3. The molecular formula is C18H20N2O7. The van der Waals surface area contributed by atoms with Crippen LogP contribution in [-0.2, 0) is 19.1 Å². The van der Waals surface area contributed by atoms with Gasteiger partial charge < -0.3 is 24.1 Å². The van der Waals surface area contributed by atoms with Crippen molar-refractivity contribution < 1.29 is 28.3 Å². The topological polar surface area (TPSA) is 115 Å². The Morgan fingerprint density at radius 3 is 2.59 bits per heavy atom. The molecular weight excluding hydrogens is 356 g/mol. The van der Waals surface area contributed by atoms with E-state index in [4.69, 9.17) is 13.9 Å². The van der Waals surface area contributed by atoms with Crippen LogP contribution in [0.15, 0.2) is 33.5 Å². The van der Waals surface area contributed by atoms with Gasteiger partial charge in [-0.3, -0.25) is 9.59 Å². The summed E-state index contributed by atoms with van der Waals surface area (Å²) in [4.78, 5) is 47.3. The second-order valence-electron chi connectivity index (χ2n) is 5.92. The predicted octanol–water partition coefficient (Wildman–Crippen LogP) is 0.228. The molecule has 0 saturated carbocycles. The van der Waals surface area contributed by atoms with Gasteiger partial charge >= 0.3 is 11.6 Å². The zero-order valence-corrected chi connectivity index (χ0v) is 15.2. The summed E-state index contributed by atoms with van der Waals surface area (Å²) in [5.41, 5.74) is 0.636. The van der Waals surface area contributed by atoms with Crippen LogP contribution in [0.2, 0.25) is 0 Å². The number of nitrogens with one attached hydrogen (secondary N) is 1. The molecule has 1 N–H and O–H groups in total. The average molecular weight is 376 g/mol. The van der Waals surface area contributed by atoms with Gasteiger partial charge in [0.15, 0.2) is 13.2 Å². The van der Waals surface area contributed by atoms with Crippen LogP contribution < -0.4 is 15.7 Å². The van der Waals surface area contributed by atoms with E-state index in [0.717, 1.165) is 10.9 Å². The standard InChI is InChI=1S/C18H20N2O7/c1-11-6-17(23)27-14-7-12(4-5-13(11)14)25-10-18(24)26-9-15(21)19-8-16(22)20(2)3/h4-7H,8-10H2,1-3H3,(H,19,21). The van der Waals surface area contributed by atoms with Crippen molar-refractivity contribution in [2.45, 2.75) is 6.92 Å². The highest BCUT2D eigenvalue weighted by Gasteiger charge is 2.11. The molecule has 0 unspecified atom stereocenters. The molecule has 1 heterocycles. The Bertz CT molecular complexity index is 918. The molecule has 2 aromatic rings. The molecule has 9 nitrogen and oxygen atoms in total. The number of fused-ring (bicyclic) bond motifs is 1. The summed E-state index contributed by atoms with van der Waals surface area (Å²) in [6.45, 7) is 0.663. The lowest BCUT2D eigenvalue weighted by Gasteiger charge is -2.11. The molecule has 0 fully saturated rings. The van der Waals surface area contributed by atoms with Crippen molar-refractivity contribution in [1.82, 2.24) is 10.2 Å². The van der Waals surface area contributed by atoms with E-state index in [9.17, 15) is 19.2 Å². The maximum atomic E-state index is 11.7. The zero-order chi connectivity index (χ0) is 20.0. The number of benzene rings is 1. The minimum absolute atomic E-state index is 0.179. The van der Waals surface area contributed by atoms with Crippen LogP contribution in [0.5, 0.6) is 5.75 Å². The quantitative estimate of drug-likeness (QED) is 0.543. The van der Waals surface area contributed by atoms with Crippen LogP contribution in [0, 0.1) is 6.92 Å². The van der Waals surface area contributed by atoms with Gasteiger partial charge in [-0.2, -0.15) is 0 Å². The molecule has 9 heteroatoms. The van der Waals surface area contributed by atoms with Crippen molar-refractivity contribution in [2.75, 3.05) is 33.9 Å². The fraction of sp³-hybridized carbons (Fsp3) is 0.333. The number of hydrogen-bond acceptors (Lipinski definition) is 7. The number of carbonyl (C=O) groups is 3. The smallest absolute Gasteiger partial charge is 0.344 e. The predicted molar refractivity (Wildman–Crippen MR) is 95.4 cm³/mol. The van der Waals surface area contributed by atoms with Crippen LogP contribution in [-0.4, -0.2) is 56.5 Å². The SMILES string of the molecule is Cc1cc(=O)oc2cc(OCC(=O)OCC(=O)NCC(=O)N(C)C)ccc12. The Hall–Kier alpha value is -3.36. The van der Waals surface area contributed by atoms with Crippen LogP contribution >= 0.6 is 0 Å². The Morgan fingerprint density at radius 2 is 1.89 bits per heavy atom. The Labute approximate surface area is 154 Å². The van der Waals surface area contributed by atoms with E-state index in [1.807, 2.05) is 0 Å². The third-order valence-electron chi connectivity index (χ3n) is 3.58. The maximum absolute atomic E-state index is 11.7. The number of nitrogens with zero attached hydrogens (tertiary/aromatic N) is 1. The number of hydrogen-bond donors (Lipinski definition) is 1. The molecule has 1 aromatic carbocycles. The lowest BCUT2D eigenvalue weighted by molar-refractivity contribution is -0.150. The Morgan fingerprint density at radius 1 is 1.15 bits per heavy atom. The number of ether oxygens (including phenoxy) is 2. The molecule has 0 aliphatic rings. The third-order valence-corrected chi connectivity index (χ3v) is 3.58. The summed E-state index contributed by atoms with van der Waals surface area (Å²) < 4.78 is 15.2. The highest BCUT2D eigenvalue weighted by atomic mass is 16.6. The summed E-state index contributed by atoms with van der Waals surface area (Å²) in [7, 11) is 3.12. The van der Waals surface area contributed by atoms with Gasteiger partial charge in [0.2, 0.25) is 5.91 Å². The minimum atomic E-state index is -0.755. The number of rotatable bonds is 7. The second-order valence-corrected chi connectivity index (χ2v) is 5.92. The van der Waals surface area contributed by atoms with E-state index in [0.29, 0.717) is 11.3 Å². The van der Waals surface area contributed by atoms with Crippen molar-refractivity contribution in [3.8, 4) is 5.75 Å². The van der Waals surface area contributed by atoms with Crippen molar-refractivity contribution in [3.05, 3.63) is 40.2 Å². The van der Waals surface area contributed by atoms with E-state index < -0.39 is 30.7 Å². The van der Waals surface area contributed by atoms with Crippen LogP contribution in [0.4, 0.5) is 0 Å². The fourth-order valence-corrected chi connectivity index (χ4v) is 2.11. The van der Waals surface area contributed by atoms with Gasteiger partial charge in [-0.25, -0.2) is 9.59 Å². The summed E-state index contributed by atoms with van der Waals surface area (Å²) in [5, 5.41) is 3.09. The van der Waals surface area contributed by atoms with Crippen molar-refractivity contribution in [2.24, 2.45) is 0 Å². The first-order chi connectivity index (χ1) is 12.8. The summed E-state index contributed by atoms with van der Waals surface area (Å²) in [5.74, 6) is -1.32. The largest absolute Gasteiger partial charge is 0.482 e. The van der Waals surface area contributed by atoms with Crippen LogP contribution in [0.25, 0.3) is 11.0 Å². The highest BCUT2D eigenvalue weighted by Crippen LogP contribution is 2.22. The van der Waals surface area contributed by atoms with E-state index in [2.05, 4.69) is 5.32 Å². The van der Waals surface area contributed by atoms with Gasteiger partial charge in [-0.15, -0.1) is 0 Å². The molecule has 0 saturated heterocycles. The molecule has 2 rings (SSSR count). The lowest BCUT2D eigenvalue weighted by Crippen LogP contribution is -2.38. The number of amides is 2. The van der Waals surface area contributed by atoms with Crippen LogP contribution in [0.1, 0.15) is 5.56 Å². The number of likely N-dealkylation sites (N-methyl/N-ethyl adjacent to an activating group) is 1. The Balaban J connectivity index is 1.82. The molecule has 0 atom stereocenters. The lowest BCUT2D eigenvalue weighted by atomic mass is 10.1. The van der Waals surface area contributed by atoms with E-state index in [-0.39, 0.29) is 12.5 Å². The van der Waals surface area contributed by atoms with Gasteiger partial charge in [0.25, 0.3) is 5.91 Å². The van der Waals surface area contributed by atoms with Gasteiger partial charge in [-0.1, -0.05) is 0 Å². The molecule has 1 aromatic heterocycles. The molecule has 0 spiro atoms. The Kier molecular flexibility index (Phi) is 6.53. The van der Waals surface area contributed by atoms with E-state index in [1.165, 1.54) is 17.0 Å². The number of esters is 1. The summed E-state index contributed by atoms with van der Waals surface area (Å²) >= 11 is 0. The average Bonchev–Trinajstić information content (AvgIpc) is 2.61. The second kappa shape index (κ2) is 8.84. The summed E-state index contributed by atoms with van der Waals surface area (Å²) in [6.07, 6.45) is 0. The molecule has 0 radical (unpaired) electrons. The molecule has 27 heavy (non-hydrogen) atoms.